The van der Waals surface area contributed by atoms with Crippen LogP contribution >= 0.6 is 11.6 Å². The summed E-state index contributed by atoms with van der Waals surface area (Å²) < 4.78 is 24.9. The Balaban J connectivity index is 1.99. The van der Waals surface area contributed by atoms with Gasteiger partial charge in [0.05, 0.1) is 25.0 Å². The van der Waals surface area contributed by atoms with E-state index in [0.717, 1.165) is 23.4 Å². The molecular weight excluding hydrogens is 355 g/mol. The first-order valence-corrected chi connectivity index (χ1v) is 8.65. The number of methoxy groups -OCH3 is 1. The number of terminal acetylenes is 1. The van der Waals surface area contributed by atoms with Gasteiger partial charge in [0.25, 0.3) is 0 Å². The zero-order chi connectivity index (χ0) is 18.5. The Hall–Kier alpha value is -2.71. The van der Waals surface area contributed by atoms with E-state index in [4.69, 9.17) is 27.5 Å². The number of halogens is 2. The Morgan fingerprint density at radius 1 is 1.31 bits per heavy atom. The highest BCUT2D eigenvalue weighted by molar-refractivity contribution is 6.17. The van der Waals surface area contributed by atoms with Gasteiger partial charge in [0.1, 0.15) is 12.5 Å². The molecule has 0 bridgehead atoms. The molecule has 3 rings (SSSR count). The molecule has 0 unspecified atom stereocenters. The van der Waals surface area contributed by atoms with Gasteiger partial charge in [-0.2, -0.15) is 0 Å². The molecule has 0 atom stereocenters. The van der Waals surface area contributed by atoms with Gasteiger partial charge in [-0.3, -0.25) is 4.99 Å². The van der Waals surface area contributed by atoms with Gasteiger partial charge in [-0.1, -0.05) is 5.92 Å². The summed E-state index contributed by atoms with van der Waals surface area (Å²) >= 11 is 5.70. The van der Waals surface area contributed by atoms with Crippen molar-refractivity contribution in [1.29, 1.82) is 0 Å². The summed E-state index contributed by atoms with van der Waals surface area (Å²) in [5.74, 6) is 3.72. The highest BCUT2D eigenvalue weighted by Gasteiger charge is 2.20. The van der Waals surface area contributed by atoms with E-state index in [2.05, 4.69) is 10.9 Å². The second-order valence-corrected chi connectivity index (χ2v) is 6.02. The van der Waals surface area contributed by atoms with Crippen molar-refractivity contribution in [3.8, 4) is 23.8 Å². The molecule has 0 N–H and O–H groups in total. The third-order valence-electron chi connectivity index (χ3n) is 4.01. The van der Waals surface area contributed by atoms with E-state index in [1.165, 1.54) is 6.07 Å². The van der Waals surface area contributed by atoms with Gasteiger partial charge in [-0.15, -0.1) is 18.0 Å². The molecule has 0 radical (unpaired) electrons. The molecule has 0 aliphatic carbocycles. The molecule has 2 aromatic rings. The topological polar surface area (TPSA) is 34.1 Å². The summed E-state index contributed by atoms with van der Waals surface area (Å²) in [7, 11) is 1.59. The maximum atomic E-state index is 13.7. The predicted molar refractivity (Wildman–Crippen MR) is 103 cm³/mol. The number of rotatable bonds is 6. The molecule has 0 fully saturated rings. The predicted octanol–water partition coefficient (Wildman–Crippen LogP) is 4.35. The van der Waals surface area contributed by atoms with Crippen LogP contribution in [0.15, 0.2) is 35.3 Å². The summed E-state index contributed by atoms with van der Waals surface area (Å²) in [4.78, 5) is 6.33. The van der Waals surface area contributed by atoms with Crippen LogP contribution in [0.4, 0.5) is 15.8 Å². The largest absolute Gasteiger partial charge is 0.493 e. The van der Waals surface area contributed by atoms with Crippen molar-refractivity contribution < 1.29 is 13.9 Å². The van der Waals surface area contributed by atoms with Gasteiger partial charge in [0.2, 0.25) is 0 Å². The minimum absolute atomic E-state index is 0.214. The number of hydrogen-bond donors (Lipinski definition) is 0. The van der Waals surface area contributed by atoms with Gasteiger partial charge in [0, 0.05) is 29.4 Å². The third kappa shape index (κ3) is 3.61. The van der Waals surface area contributed by atoms with E-state index in [-0.39, 0.29) is 5.56 Å². The number of alkyl halides is 1. The monoisotopic (exact) mass is 372 g/mol. The molecule has 0 saturated carbocycles. The average Bonchev–Trinajstić information content (AvgIpc) is 2.67. The normalized spacial score (nSPS) is 12.5. The van der Waals surface area contributed by atoms with Gasteiger partial charge in [0.15, 0.2) is 11.5 Å². The minimum atomic E-state index is -0.419. The van der Waals surface area contributed by atoms with Crippen LogP contribution in [-0.2, 0) is 0 Å². The van der Waals surface area contributed by atoms with E-state index in [1.807, 2.05) is 17.0 Å². The molecular formula is C20H18ClFN2O2. The Kier molecular flexibility index (Phi) is 5.65. The number of hydrogen-bond acceptors (Lipinski definition) is 4. The second-order valence-electron chi connectivity index (χ2n) is 5.64. The molecule has 1 aliphatic rings. The maximum Gasteiger partial charge on any atom is 0.162 e. The Morgan fingerprint density at radius 3 is 2.88 bits per heavy atom. The lowest BCUT2D eigenvalue weighted by atomic mass is 10.1. The lowest BCUT2D eigenvalue weighted by Gasteiger charge is -2.28. The molecule has 0 saturated heterocycles. The first-order valence-electron chi connectivity index (χ1n) is 8.12. The van der Waals surface area contributed by atoms with Crippen LogP contribution in [0.2, 0.25) is 0 Å². The summed E-state index contributed by atoms with van der Waals surface area (Å²) in [6.45, 7) is 0.904. The Bertz CT molecular complexity index is 877. The first-order chi connectivity index (χ1) is 12.7. The fourth-order valence-corrected chi connectivity index (χ4v) is 2.83. The summed E-state index contributed by atoms with van der Waals surface area (Å²) in [6, 6.07) is 8.44. The number of fused-ring (bicyclic) bond motifs is 1. The lowest BCUT2D eigenvalue weighted by molar-refractivity contribution is 0.295. The van der Waals surface area contributed by atoms with Crippen LogP contribution in [-0.4, -0.2) is 32.5 Å². The van der Waals surface area contributed by atoms with Crippen LogP contribution in [0.5, 0.6) is 11.5 Å². The Labute approximate surface area is 157 Å². The lowest BCUT2D eigenvalue weighted by Crippen LogP contribution is -2.22. The van der Waals surface area contributed by atoms with E-state index >= 15 is 0 Å². The molecule has 0 amide bonds. The standard InChI is InChI=1S/C20H18ClFN2O2/c1-3-14-9-16(5-6-17(14)22)24-13-23-12-15-10-20(26-8-4-7-21)19(25-2)11-18(15)24/h1,5-6,9-12H,4,7-8,13H2,2H3. The smallest absolute Gasteiger partial charge is 0.162 e. The van der Waals surface area contributed by atoms with Crippen molar-refractivity contribution in [1.82, 2.24) is 0 Å². The molecule has 1 heterocycles. The summed E-state index contributed by atoms with van der Waals surface area (Å²) in [6.07, 6.45) is 7.91. The second kappa shape index (κ2) is 8.11. The molecule has 26 heavy (non-hydrogen) atoms. The number of benzene rings is 2. The van der Waals surface area contributed by atoms with Crippen molar-refractivity contribution in [3.63, 3.8) is 0 Å². The van der Waals surface area contributed by atoms with E-state index < -0.39 is 5.82 Å². The molecule has 1 aliphatic heterocycles. The van der Waals surface area contributed by atoms with Crippen LogP contribution in [0, 0.1) is 18.2 Å². The molecule has 0 spiro atoms. The van der Waals surface area contributed by atoms with Crippen LogP contribution in [0.3, 0.4) is 0 Å². The van der Waals surface area contributed by atoms with Crippen molar-refractivity contribution in [3.05, 3.63) is 47.3 Å². The Morgan fingerprint density at radius 2 is 2.15 bits per heavy atom. The van der Waals surface area contributed by atoms with Crippen molar-refractivity contribution in [2.75, 3.05) is 31.2 Å². The highest BCUT2D eigenvalue weighted by Crippen LogP contribution is 2.39. The first kappa shape index (κ1) is 18.1. The van der Waals surface area contributed by atoms with Gasteiger partial charge in [-0.25, -0.2) is 4.39 Å². The number of aliphatic imine (C=N–C) groups is 1. The summed E-state index contributed by atoms with van der Waals surface area (Å²) in [5.41, 5.74) is 2.74. The van der Waals surface area contributed by atoms with Crippen molar-refractivity contribution in [2.45, 2.75) is 6.42 Å². The van der Waals surface area contributed by atoms with Gasteiger partial charge >= 0.3 is 0 Å². The minimum Gasteiger partial charge on any atom is -0.493 e. The SMILES string of the molecule is C#Cc1cc(N2CN=Cc3cc(OCCCCl)c(OC)cc32)ccc1F. The summed E-state index contributed by atoms with van der Waals surface area (Å²) in [5, 5.41) is 0. The quantitative estimate of drug-likeness (QED) is 0.429. The fraction of sp³-hybridized carbons (Fsp3) is 0.250. The van der Waals surface area contributed by atoms with E-state index in [9.17, 15) is 4.39 Å². The molecule has 6 heteroatoms. The van der Waals surface area contributed by atoms with Crippen molar-refractivity contribution in [2.24, 2.45) is 4.99 Å². The van der Waals surface area contributed by atoms with Gasteiger partial charge in [-0.05, 0) is 30.7 Å². The number of ether oxygens (including phenoxy) is 2. The van der Waals surface area contributed by atoms with Gasteiger partial charge < -0.3 is 14.4 Å². The molecule has 4 nitrogen and oxygen atoms in total. The van der Waals surface area contributed by atoms with E-state index in [0.29, 0.717) is 30.7 Å². The van der Waals surface area contributed by atoms with Crippen LogP contribution < -0.4 is 14.4 Å². The molecule has 2 aromatic carbocycles. The highest BCUT2D eigenvalue weighted by atomic mass is 35.5. The number of nitrogens with zero attached hydrogens (tertiary/aromatic N) is 2. The van der Waals surface area contributed by atoms with E-state index in [1.54, 1.807) is 25.5 Å². The fourth-order valence-electron chi connectivity index (χ4n) is 2.72. The maximum absolute atomic E-state index is 13.7. The molecule has 0 aromatic heterocycles. The van der Waals surface area contributed by atoms with Crippen LogP contribution in [0.1, 0.15) is 17.5 Å². The zero-order valence-electron chi connectivity index (χ0n) is 14.3. The average molecular weight is 373 g/mol. The molecule has 134 valence electrons. The van der Waals surface area contributed by atoms with Crippen molar-refractivity contribution >= 4 is 29.2 Å². The van der Waals surface area contributed by atoms with Crippen LogP contribution in [0.25, 0.3) is 0 Å². The number of anilines is 2. The zero-order valence-corrected chi connectivity index (χ0v) is 15.1. The third-order valence-corrected chi connectivity index (χ3v) is 4.28.